The summed E-state index contributed by atoms with van der Waals surface area (Å²) in [6, 6.07) is 0. The summed E-state index contributed by atoms with van der Waals surface area (Å²) in [5.41, 5.74) is 1.89. The second-order valence-electron chi connectivity index (χ2n) is 6.18. The van der Waals surface area contributed by atoms with Gasteiger partial charge in [0.25, 0.3) is 0 Å². The molecule has 3 rings (SSSR count). The Morgan fingerprint density at radius 1 is 1.25 bits per heavy atom. The van der Waals surface area contributed by atoms with E-state index in [0.717, 1.165) is 43.9 Å². The zero-order chi connectivity index (χ0) is 17.2. The first kappa shape index (κ1) is 17.3. The van der Waals surface area contributed by atoms with Crippen LogP contribution < -0.4 is 15.4 Å². The minimum absolute atomic E-state index is 0.142. The van der Waals surface area contributed by atoms with Crippen LogP contribution in [0.25, 0.3) is 0 Å². The van der Waals surface area contributed by atoms with Crippen LogP contribution in [-0.2, 0) is 27.8 Å². The minimum Gasteiger partial charge on any atom is -0.376 e. The van der Waals surface area contributed by atoms with Crippen molar-refractivity contribution in [1.82, 2.24) is 14.9 Å². The van der Waals surface area contributed by atoms with E-state index < -0.39 is 10.0 Å². The van der Waals surface area contributed by atoms with Crippen LogP contribution in [0.1, 0.15) is 11.3 Å². The number of sulfonamides is 1. The van der Waals surface area contributed by atoms with E-state index in [1.165, 1.54) is 0 Å². The predicted octanol–water partition coefficient (Wildman–Crippen LogP) is -0.998. The lowest BCUT2D eigenvalue weighted by atomic mass is 10.1. The van der Waals surface area contributed by atoms with Gasteiger partial charge in [-0.25, -0.2) is 18.5 Å². The summed E-state index contributed by atoms with van der Waals surface area (Å²) >= 11 is 0. The molecule has 0 aromatic carbocycles. The summed E-state index contributed by atoms with van der Waals surface area (Å²) in [6.45, 7) is 4.99. The van der Waals surface area contributed by atoms with Crippen molar-refractivity contribution >= 4 is 21.8 Å². The van der Waals surface area contributed by atoms with Gasteiger partial charge >= 0.3 is 0 Å². The maximum atomic E-state index is 11.1. The van der Waals surface area contributed by atoms with Gasteiger partial charge < -0.3 is 19.9 Å². The number of likely N-dealkylation sites (N-methyl/N-ethyl adjacent to an activating group) is 1. The monoisotopic (exact) mass is 356 g/mol. The number of rotatable bonds is 5. The van der Waals surface area contributed by atoms with Crippen LogP contribution in [0.2, 0.25) is 0 Å². The Kier molecular flexibility index (Phi) is 5.18. The molecule has 0 radical (unpaired) electrons. The average molecular weight is 356 g/mol. The molecule has 1 aromatic heterocycles. The van der Waals surface area contributed by atoms with Crippen LogP contribution in [-0.4, -0.2) is 75.4 Å². The molecule has 134 valence electrons. The summed E-state index contributed by atoms with van der Waals surface area (Å²) in [5.74, 6) is 1.20. The van der Waals surface area contributed by atoms with Gasteiger partial charge in [-0.2, -0.15) is 4.98 Å². The SMILES string of the molecule is CN1CCN(c2nc3c(c(NCCS(N)(=O)=O)n2)COCC3)CC1. The highest BCUT2D eigenvalue weighted by Gasteiger charge is 2.22. The van der Waals surface area contributed by atoms with E-state index in [1.54, 1.807) is 0 Å². The molecule has 2 aliphatic heterocycles. The summed E-state index contributed by atoms with van der Waals surface area (Å²) < 4.78 is 27.7. The quantitative estimate of drug-likeness (QED) is 0.691. The van der Waals surface area contributed by atoms with Crippen LogP contribution in [0.4, 0.5) is 11.8 Å². The van der Waals surface area contributed by atoms with Crippen LogP contribution in [0, 0.1) is 0 Å². The van der Waals surface area contributed by atoms with Crippen LogP contribution in [0.3, 0.4) is 0 Å². The van der Waals surface area contributed by atoms with Crippen LogP contribution in [0.15, 0.2) is 0 Å². The van der Waals surface area contributed by atoms with Crippen molar-refractivity contribution < 1.29 is 13.2 Å². The number of primary sulfonamides is 1. The number of piperazine rings is 1. The molecule has 1 aromatic rings. The fraction of sp³-hybridized carbons (Fsp3) is 0.714. The molecule has 3 N–H and O–H groups in total. The molecule has 0 unspecified atom stereocenters. The van der Waals surface area contributed by atoms with Crippen molar-refractivity contribution in [2.24, 2.45) is 5.14 Å². The summed E-state index contributed by atoms with van der Waals surface area (Å²) in [7, 11) is -1.41. The van der Waals surface area contributed by atoms with Gasteiger partial charge in [0.15, 0.2) is 0 Å². The third-order valence-corrected chi connectivity index (χ3v) is 5.05. The first-order valence-electron chi connectivity index (χ1n) is 8.08. The molecule has 0 aliphatic carbocycles. The van der Waals surface area contributed by atoms with Crippen molar-refractivity contribution in [3.8, 4) is 0 Å². The molecular formula is C14H24N6O3S. The largest absolute Gasteiger partial charge is 0.376 e. The number of fused-ring (bicyclic) bond motifs is 1. The third-order valence-electron chi connectivity index (χ3n) is 4.28. The third kappa shape index (κ3) is 4.32. The van der Waals surface area contributed by atoms with Crippen LogP contribution >= 0.6 is 0 Å². The molecule has 3 heterocycles. The van der Waals surface area contributed by atoms with Crippen molar-refractivity contribution in [3.05, 3.63) is 11.3 Å². The Morgan fingerprint density at radius 2 is 2.00 bits per heavy atom. The van der Waals surface area contributed by atoms with E-state index in [1.807, 2.05) is 0 Å². The molecule has 0 amide bonds. The highest BCUT2D eigenvalue weighted by atomic mass is 32.2. The number of nitrogens with zero attached hydrogens (tertiary/aromatic N) is 4. The Hall–Kier alpha value is -1.49. The lowest BCUT2D eigenvalue weighted by molar-refractivity contribution is 0.109. The molecule has 10 heteroatoms. The smallest absolute Gasteiger partial charge is 0.227 e. The summed E-state index contributed by atoms with van der Waals surface area (Å²) in [5, 5.41) is 8.15. The van der Waals surface area contributed by atoms with Gasteiger partial charge in [0.2, 0.25) is 16.0 Å². The highest BCUT2D eigenvalue weighted by molar-refractivity contribution is 7.89. The second kappa shape index (κ2) is 7.18. The molecule has 1 fully saturated rings. The number of aromatic nitrogens is 2. The van der Waals surface area contributed by atoms with Crippen LogP contribution in [0.5, 0.6) is 0 Å². The van der Waals surface area contributed by atoms with Gasteiger partial charge in [-0.3, -0.25) is 0 Å². The number of anilines is 2. The van der Waals surface area contributed by atoms with E-state index in [4.69, 9.17) is 14.9 Å². The Labute approximate surface area is 142 Å². The lowest BCUT2D eigenvalue weighted by Gasteiger charge is -2.33. The van der Waals surface area contributed by atoms with E-state index in [2.05, 4.69) is 27.1 Å². The van der Waals surface area contributed by atoms with Gasteiger partial charge in [0, 0.05) is 44.7 Å². The number of nitrogens with one attached hydrogen (secondary N) is 1. The molecule has 0 saturated carbocycles. The molecule has 0 bridgehead atoms. The number of ether oxygens (including phenoxy) is 1. The summed E-state index contributed by atoms with van der Waals surface area (Å²) in [4.78, 5) is 13.8. The Bertz CT molecular complexity index is 688. The van der Waals surface area contributed by atoms with Gasteiger partial charge in [-0.1, -0.05) is 0 Å². The van der Waals surface area contributed by atoms with Gasteiger partial charge in [0.1, 0.15) is 5.82 Å². The average Bonchev–Trinajstić information content (AvgIpc) is 2.54. The molecular weight excluding hydrogens is 332 g/mol. The van der Waals surface area contributed by atoms with Gasteiger partial charge in [0.05, 0.1) is 24.7 Å². The molecule has 9 nitrogen and oxygen atoms in total. The topological polar surface area (TPSA) is 114 Å². The normalized spacial score (nSPS) is 19.2. The molecule has 0 spiro atoms. The maximum absolute atomic E-state index is 11.1. The number of hydrogen-bond donors (Lipinski definition) is 2. The Morgan fingerprint density at radius 3 is 2.71 bits per heavy atom. The minimum atomic E-state index is -3.51. The van der Waals surface area contributed by atoms with E-state index >= 15 is 0 Å². The zero-order valence-electron chi connectivity index (χ0n) is 13.9. The van der Waals surface area contributed by atoms with Gasteiger partial charge in [-0.15, -0.1) is 0 Å². The Balaban J connectivity index is 1.81. The van der Waals surface area contributed by atoms with Crippen molar-refractivity contribution in [1.29, 1.82) is 0 Å². The number of hydrogen-bond acceptors (Lipinski definition) is 8. The molecule has 1 saturated heterocycles. The lowest BCUT2D eigenvalue weighted by Crippen LogP contribution is -2.45. The van der Waals surface area contributed by atoms with E-state index in [9.17, 15) is 8.42 Å². The predicted molar refractivity (Wildman–Crippen MR) is 91.6 cm³/mol. The molecule has 0 atom stereocenters. The fourth-order valence-electron chi connectivity index (χ4n) is 2.82. The van der Waals surface area contributed by atoms with Crippen molar-refractivity contribution in [2.45, 2.75) is 13.0 Å². The van der Waals surface area contributed by atoms with Gasteiger partial charge in [-0.05, 0) is 7.05 Å². The van der Waals surface area contributed by atoms with Crippen molar-refractivity contribution in [3.63, 3.8) is 0 Å². The fourth-order valence-corrected chi connectivity index (χ4v) is 3.21. The van der Waals surface area contributed by atoms with E-state index in [0.29, 0.717) is 25.0 Å². The first-order valence-corrected chi connectivity index (χ1v) is 9.79. The van der Waals surface area contributed by atoms with E-state index in [-0.39, 0.29) is 12.3 Å². The first-order chi connectivity index (χ1) is 11.4. The maximum Gasteiger partial charge on any atom is 0.227 e. The molecule has 2 aliphatic rings. The molecule has 24 heavy (non-hydrogen) atoms. The van der Waals surface area contributed by atoms with Crippen molar-refractivity contribution in [2.75, 3.05) is 62.3 Å². The summed E-state index contributed by atoms with van der Waals surface area (Å²) in [6.07, 6.45) is 0.739. The second-order valence-corrected chi connectivity index (χ2v) is 7.92. The standard InChI is InChI=1S/C14H24N6O3S/c1-19-4-6-20(7-5-19)14-17-12-2-8-23-10-11(12)13(18-14)16-3-9-24(15,21)22/h2-10H2,1H3,(H2,15,21,22)(H,16,17,18). The highest BCUT2D eigenvalue weighted by Crippen LogP contribution is 2.25. The zero-order valence-corrected chi connectivity index (χ0v) is 14.7. The number of nitrogens with two attached hydrogens (primary N) is 1.